The van der Waals surface area contributed by atoms with Crippen LogP contribution in [0.4, 0.5) is 0 Å². The molecule has 4 aromatic rings. The van der Waals surface area contributed by atoms with Crippen LogP contribution in [0.5, 0.6) is 11.5 Å². The first-order valence-corrected chi connectivity index (χ1v) is 32.0. The highest BCUT2D eigenvalue weighted by atomic mass is 16.6. The van der Waals surface area contributed by atoms with Crippen LogP contribution in [0, 0.1) is 5.92 Å². The maximum absolute atomic E-state index is 14.9. The van der Waals surface area contributed by atoms with Crippen molar-refractivity contribution in [3.63, 3.8) is 0 Å². The number of aliphatic hydroxyl groups excluding tert-OH is 11. The standard InChI is InChI=1S/C66H86N8O23/c1-5-6-7-25-95-42-22-18-37(19-23-42)35-10-8-34(9-11-35)36-12-14-39(15-13-36)57(86)68-43-28-45(79)63(96-26-24-67-62(91)56-54(84)53(83)55(85)66(94)97-56)72-61(90)49-50(80)31(2)29-74(49)65(93)47(33(4)76)70-60(89)48(52(82)51(81)38-16-20-40(77)21-17-38)71-59(88)44-27-41(78)30-73(44)64(92)46(32(3)75)69-58(43)87/h8-23,31-33,41,43-56,63,66,75-85,94H,5-7,24-30H2,1-4H3,(H,67,91)(H,68,86)(H,69,87)(H,70,89)(H,71,88)(H,72,90)/t31-,32+,33+,41+,43-,44-,45+,46-,47-,48-,49-,50-,51-,52-,53-,54-,55+,56-,63+,66?/m0/s1. The minimum atomic E-state index is -2.36. The largest absolute Gasteiger partial charge is 0.508 e. The van der Waals surface area contributed by atoms with E-state index in [1.54, 1.807) is 12.1 Å². The van der Waals surface area contributed by atoms with Crippen molar-refractivity contribution in [2.24, 2.45) is 5.92 Å². The molecule has 4 fully saturated rings. The number of fused-ring (bicyclic) bond motifs is 2. The molecular weight excluding hydrogens is 1270 g/mol. The summed E-state index contributed by atoms with van der Waals surface area (Å²) in [5, 5.41) is 145. The number of rotatable bonds is 19. The number of nitrogens with one attached hydrogen (secondary N) is 6. The second-order valence-corrected chi connectivity index (χ2v) is 24.8. The summed E-state index contributed by atoms with van der Waals surface area (Å²) in [6.45, 7) is 3.88. The van der Waals surface area contributed by atoms with E-state index in [2.05, 4.69) is 38.8 Å². The number of hydrogen-bond donors (Lipinski definition) is 18. The van der Waals surface area contributed by atoms with Crippen molar-refractivity contribution >= 4 is 47.3 Å². The minimum absolute atomic E-state index is 0.0554. The Balaban J connectivity index is 1.13. The van der Waals surface area contributed by atoms with Gasteiger partial charge < -0.3 is 117 Å². The molecular formula is C66H86N8O23. The maximum atomic E-state index is 14.9. The van der Waals surface area contributed by atoms with Crippen LogP contribution in [-0.2, 0) is 43.0 Å². The molecule has 4 saturated heterocycles. The molecule has 0 radical (unpaired) electrons. The lowest BCUT2D eigenvalue weighted by Gasteiger charge is -2.37. The van der Waals surface area contributed by atoms with Gasteiger partial charge >= 0.3 is 0 Å². The molecule has 528 valence electrons. The van der Waals surface area contributed by atoms with Gasteiger partial charge in [-0.25, -0.2) is 0 Å². The van der Waals surface area contributed by atoms with Gasteiger partial charge in [-0.15, -0.1) is 0 Å². The molecule has 8 rings (SSSR count). The molecule has 20 atom stereocenters. The fourth-order valence-corrected chi connectivity index (χ4v) is 11.9. The lowest BCUT2D eigenvalue weighted by molar-refractivity contribution is -0.275. The first kappa shape index (κ1) is 74.5. The highest BCUT2D eigenvalue weighted by Gasteiger charge is 2.51. The van der Waals surface area contributed by atoms with Crippen LogP contribution in [0.1, 0.15) is 81.8 Å². The number of aliphatic hydroxyl groups is 11. The summed E-state index contributed by atoms with van der Waals surface area (Å²) in [6, 6.07) is 13.7. The van der Waals surface area contributed by atoms with Gasteiger partial charge in [0.2, 0.25) is 35.4 Å². The third kappa shape index (κ3) is 18.1. The molecule has 0 aromatic heterocycles. The van der Waals surface area contributed by atoms with E-state index in [0.717, 1.165) is 77.5 Å². The molecule has 0 spiro atoms. The van der Waals surface area contributed by atoms with Gasteiger partial charge in [-0.2, -0.15) is 0 Å². The molecule has 0 saturated carbocycles. The van der Waals surface area contributed by atoms with Crippen molar-refractivity contribution in [2.45, 2.75) is 176 Å². The number of nitrogens with zero attached hydrogens (tertiary/aromatic N) is 2. The highest BCUT2D eigenvalue weighted by molar-refractivity contribution is 6.00. The van der Waals surface area contributed by atoms with Gasteiger partial charge in [0, 0.05) is 44.0 Å². The zero-order chi connectivity index (χ0) is 70.7. The summed E-state index contributed by atoms with van der Waals surface area (Å²) >= 11 is 0. The monoisotopic (exact) mass is 1360 g/mol. The SMILES string of the molecule is CCCCCOc1ccc(-c2ccc(-c3ccc(C(=O)N[C@H]4C[C@@H](O)[C@@H](OCCNC(=O)[C@H]5OC(O)[C@H](O)[C@@H](O)[C@@H]5O)NC(=O)[C@@H]5[C@@H](O)[C@@H](C)CN5C(=O)[C@H]([C@@H](C)O)NC(=O)[C@H]([C@H](O)[C@@H](O)c5ccc(O)cc5)NC(=O)[C@@H]5C[C@@H](O)CN5C(=O)[C@H]([C@@H](C)O)NC4=O)cc3)cc2)cc1. The molecule has 31 nitrogen and oxygen atoms in total. The van der Waals surface area contributed by atoms with Crippen LogP contribution < -0.4 is 36.6 Å². The first-order valence-electron chi connectivity index (χ1n) is 32.0. The predicted octanol–water partition coefficient (Wildman–Crippen LogP) is -3.99. The Labute approximate surface area is 557 Å². The van der Waals surface area contributed by atoms with Crippen molar-refractivity contribution in [1.29, 1.82) is 0 Å². The zero-order valence-corrected chi connectivity index (χ0v) is 53.6. The number of phenols is 1. The van der Waals surface area contributed by atoms with Gasteiger partial charge in [0.25, 0.3) is 11.8 Å². The highest BCUT2D eigenvalue weighted by Crippen LogP contribution is 2.31. The Kier molecular flexibility index (Phi) is 25.6. The van der Waals surface area contributed by atoms with E-state index in [1.165, 1.54) is 31.2 Å². The second-order valence-electron chi connectivity index (χ2n) is 24.8. The van der Waals surface area contributed by atoms with E-state index in [4.69, 9.17) is 14.2 Å². The lowest BCUT2D eigenvalue weighted by atomic mass is 9.96. The lowest BCUT2D eigenvalue weighted by Crippen LogP contribution is -2.64. The Hall–Kier alpha value is -8.28. The Morgan fingerprint density at radius 3 is 1.76 bits per heavy atom. The fourth-order valence-electron chi connectivity index (χ4n) is 11.9. The smallest absolute Gasteiger partial charge is 0.252 e. The van der Waals surface area contributed by atoms with Gasteiger partial charge in [0.05, 0.1) is 37.6 Å². The number of carbonyl (C=O) groups is 8. The predicted molar refractivity (Wildman–Crippen MR) is 339 cm³/mol. The maximum Gasteiger partial charge on any atom is 0.252 e. The molecule has 4 aliphatic heterocycles. The topological polar surface area (TPSA) is 486 Å². The van der Waals surface area contributed by atoms with Crippen LogP contribution in [0.2, 0.25) is 0 Å². The van der Waals surface area contributed by atoms with E-state index in [0.29, 0.717) is 12.2 Å². The summed E-state index contributed by atoms with van der Waals surface area (Å²) in [4.78, 5) is 118. The van der Waals surface area contributed by atoms with Crippen LogP contribution in [0.15, 0.2) is 97.1 Å². The minimum Gasteiger partial charge on any atom is -0.508 e. The quantitative estimate of drug-likeness (QED) is 0.0398. The van der Waals surface area contributed by atoms with Gasteiger partial charge in [0.15, 0.2) is 18.6 Å². The third-order valence-corrected chi connectivity index (χ3v) is 17.6. The van der Waals surface area contributed by atoms with Crippen molar-refractivity contribution in [2.75, 3.05) is 32.8 Å². The number of ether oxygens (including phenoxy) is 3. The number of aromatic hydroxyl groups is 1. The average Bonchev–Trinajstić information content (AvgIpc) is 1.69. The van der Waals surface area contributed by atoms with Crippen LogP contribution >= 0.6 is 0 Å². The van der Waals surface area contributed by atoms with E-state index >= 15 is 0 Å². The Morgan fingerprint density at radius 1 is 0.619 bits per heavy atom. The molecule has 4 heterocycles. The van der Waals surface area contributed by atoms with Crippen molar-refractivity contribution in [1.82, 2.24) is 41.7 Å². The first-order chi connectivity index (χ1) is 46.1. The summed E-state index contributed by atoms with van der Waals surface area (Å²) in [7, 11) is 0. The average molecular weight is 1360 g/mol. The number of amides is 8. The van der Waals surface area contributed by atoms with Crippen molar-refractivity contribution < 1.29 is 114 Å². The van der Waals surface area contributed by atoms with Crippen LogP contribution in [-0.4, -0.2) is 261 Å². The van der Waals surface area contributed by atoms with Crippen LogP contribution in [0.3, 0.4) is 0 Å². The van der Waals surface area contributed by atoms with Gasteiger partial charge in [0.1, 0.15) is 84.4 Å². The molecule has 0 bridgehead atoms. The molecule has 1 unspecified atom stereocenters. The molecule has 31 heteroatoms. The van der Waals surface area contributed by atoms with E-state index in [9.17, 15) is 99.6 Å². The number of phenolic OH excluding ortho intramolecular Hbond substituents is 1. The summed E-state index contributed by atoms with van der Waals surface area (Å²) in [6.07, 6.45) is -24.3. The fraction of sp³-hybridized carbons (Fsp3) is 0.515. The molecule has 4 aliphatic rings. The molecule has 8 amide bonds. The van der Waals surface area contributed by atoms with Crippen molar-refractivity contribution in [3.8, 4) is 33.8 Å². The molecule has 0 aliphatic carbocycles. The van der Waals surface area contributed by atoms with Crippen LogP contribution in [0.25, 0.3) is 22.3 Å². The number of hydrogen-bond acceptors (Lipinski definition) is 23. The zero-order valence-electron chi connectivity index (χ0n) is 53.6. The third-order valence-electron chi connectivity index (χ3n) is 17.6. The number of carbonyl (C=O) groups excluding carboxylic acids is 8. The molecule has 97 heavy (non-hydrogen) atoms. The Bertz CT molecular complexity index is 3370. The van der Waals surface area contributed by atoms with Gasteiger partial charge in [-0.3, -0.25) is 38.4 Å². The molecule has 18 N–H and O–H groups in total. The number of unbranched alkanes of at least 4 members (excludes halogenated alkanes) is 2. The summed E-state index contributed by atoms with van der Waals surface area (Å²) in [5.41, 5.74) is 3.10. The van der Waals surface area contributed by atoms with Gasteiger partial charge in [-0.05, 0) is 84.5 Å². The van der Waals surface area contributed by atoms with E-state index in [1.807, 2.05) is 48.5 Å². The van der Waals surface area contributed by atoms with E-state index in [-0.39, 0.29) is 16.9 Å². The number of benzene rings is 4. The summed E-state index contributed by atoms with van der Waals surface area (Å²) in [5.74, 6) is -10.4. The van der Waals surface area contributed by atoms with Crippen molar-refractivity contribution in [3.05, 3.63) is 108 Å². The normalized spacial score (nSPS) is 29.8. The second kappa shape index (κ2) is 33.3. The Morgan fingerprint density at radius 2 is 1.18 bits per heavy atom. The summed E-state index contributed by atoms with van der Waals surface area (Å²) < 4.78 is 16.8. The molecule has 4 aromatic carbocycles. The van der Waals surface area contributed by atoms with Gasteiger partial charge in [-0.1, -0.05) is 87.4 Å². The van der Waals surface area contributed by atoms with E-state index < -0.39 is 208 Å².